The van der Waals surface area contributed by atoms with Crippen molar-refractivity contribution >= 4 is 11.9 Å². The number of para-hydroxylation sites is 1. The van der Waals surface area contributed by atoms with Crippen molar-refractivity contribution in [3.05, 3.63) is 66.3 Å². The highest BCUT2D eigenvalue weighted by atomic mass is 16.5. The molecule has 2 N–H and O–H groups in total. The molecule has 174 valence electrons. The quantitative estimate of drug-likeness (QED) is 0.297. The van der Waals surface area contributed by atoms with Gasteiger partial charge in [-0.15, -0.1) is 0 Å². The van der Waals surface area contributed by atoms with Gasteiger partial charge in [0.2, 0.25) is 0 Å². The molecule has 1 fully saturated rings. The first-order valence-electron chi connectivity index (χ1n) is 11.1. The van der Waals surface area contributed by atoms with E-state index in [4.69, 9.17) is 18.7 Å². The summed E-state index contributed by atoms with van der Waals surface area (Å²) in [4.78, 5) is 25.3. The Morgan fingerprint density at radius 3 is 2.64 bits per heavy atom. The smallest absolute Gasteiger partial charge is 0.303 e. The van der Waals surface area contributed by atoms with Crippen LogP contribution in [0, 0.1) is 0 Å². The number of carbonyl (C=O) groups is 2. The van der Waals surface area contributed by atoms with Gasteiger partial charge in [-0.2, -0.15) is 0 Å². The Balaban J connectivity index is 1.45. The highest BCUT2D eigenvalue weighted by molar-refractivity contribution is 5.93. The van der Waals surface area contributed by atoms with Gasteiger partial charge in [-0.05, 0) is 50.3 Å². The van der Waals surface area contributed by atoms with E-state index in [0.29, 0.717) is 42.1 Å². The lowest BCUT2D eigenvalue weighted by molar-refractivity contribution is -0.137. The maximum absolute atomic E-state index is 13.3. The number of carboxylic acid groups (broad SMARTS) is 1. The van der Waals surface area contributed by atoms with Crippen LogP contribution >= 0.6 is 0 Å². The van der Waals surface area contributed by atoms with Gasteiger partial charge in [0.05, 0.1) is 18.4 Å². The number of carboxylic acids is 1. The topological polar surface area (TPSA) is 113 Å². The first kappa shape index (κ1) is 22.7. The van der Waals surface area contributed by atoms with Crippen LogP contribution in [0.2, 0.25) is 0 Å². The lowest BCUT2D eigenvalue weighted by Gasteiger charge is -2.28. The molecule has 33 heavy (non-hydrogen) atoms. The zero-order valence-electron chi connectivity index (χ0n) is 18.2. The third-order valence-electron chi connectivity index (χ3n) is 5.54. The van der Waals surface area contributed by atoms with E-state index in [1.165, 1.54) is 11.2 Å². The molecule has 2 aromatic heterocycles. The van der Waals surface area contributed by atoms with Crippen LogP contribution in [0.15, 0.2) is 63.8 Å². The van der Waals surface area contributed by atoms with E-state index < -0.39 is 18.1 Å². The first-order valence-corrected chi connectivity index (χ1v) is 11.1. The van der Waals surface area contributed by atoms with E-state index in [2.05, 4.69) is 0 Å². The van der Waals surface area contributed by atoms with Crippen molar-refractivity contribution in [1.82, 2.24) is 4.90 Å². The highest BCUT2D eigenvalue weighted by Gasteiger charge is 2.40. The van der Waals surface area contributed by atoms with Crippen LogP contribution in [0.3, 0.4) is 0 Å². The summed E-state index contributed by atoms with van der Waals surface area (Å²) in [7, 11) is 0. The minimum atomic E-state index is -1.19. The van der Waals surface area contributed by atoms with E-state index in [-0.39, 0.29) is 18.2 Å². The predicted octanol–water partition coefficient (Wildman–Crippen LogP) is 4.86. The zero-order chi connectivity index (χ0) is 23.2. The average Bonchev–Trinajstić information content (AvgIpc) is 3.27. The number of amides is 1. The molecule has 1 atom stereocenters. The third kappa shape index (κ3) is 5.64. The fourth-order valence-electron chi connectivity index (χ4n) is 3.69. The summed E-state index contributed by atoms with van der Waals surface area (Å²) >= 11 is 0. The second-order valence-corrected chi connectivity index (χ2v) is 8.08. The number of rotatable bonds is 12. The summed E-state index contributed by atoms with van der Waals surface area (Å²) in [6, 6.07) is 12.2. The number of aliphatic carboxylic acids is 1. The van der Waals surface area contributed by atoms with Gasteiger partial charge in [0.15, 0.2) is 12.0 Å². The minimum absolute atomic E-state index is 0.0752. The van der Waals surface area contributed by atoms with Crippen molar-refractivity contribution in [3.63, 3.8) is 0 Å². The fraction of sp³-hybridized carbons (Fsp3) is 0.360. The molecule has 2 heterocycles. The molecule has 1 aliphatic carbocycles. The van der Waals surface area contributed by atoms with E-state index in [1.54, 1.807) is 48.7 Å². The molecule has 1 aliphatic rings. The first-order chi connectivity index (χ1) is 16.0. The molecule has 8 heteroatoms. The second kappa shape index (κ2) is 10.4. The summed E-state index contributed by atoms with van der Waals surface area (Å²) in [5.41, 5.74) is 1.15. The Labute approximate surface area is 191 Å². The van der Waals surface area contributed by atoms with Crippen molar-refractivity contribution in [2.24, 2.45) is 0 Å². The highest BCUT2D eigenvalue weighted by Crippen LogP contribution is 2.38. The summed E-state index contributed by atoms with van der Waals surface area (Å²) in [5.74, 6) is 0.0216. The van der Waals surface area contributed by atoms with Crippen molar-refractivity contribution in [2.45, 2.75) is 50.8 Å². The Morgan fingerprint density at radius 1 is 1.09 bits per heavy atom. The Kier molecular flexibility index (Phi) is 7.14. The van der Waals surface area contributed by atoms with Gasteiger partial charge in [-0.1, -0.05) is 18.2 Å². The number of carbonyl (C=O) groups excluding carboxylic acids is 1. The Morgan fingerprint density at radius 2 is 1.91 bits per heavy atom. The Bertz CT molecular complexity index is 1070. The van der Waals surface area contributed by atoms with Gasteiger partial charge in [0.1, 0.15) is 17.8 Å². The molecule has 1 unspecified atom stereocenters. The van der Waals surface area contributed by atoms with Crippen LogP contribution in [0.25, 0.3) is 11.3 Å². The number of unbranched alkanes of at least 4 members (excludes halogenated alkanes) is 2. The van der Waals surface area contributed by atoms with E-state index in [9.17, 15) is 14.7 Å². The maximum atomic E-state index is 13.3. The van der Waals surface area contributed by atoms with Crippen molar-refractivity contribution in [1.29, 1.82) is 0 Å². The lowest BCUT2D eigenvalue weighted by Crippen LogP contribution is -2.36. The number of furan rings is 2. The molecule has 0 spiro atoms. The van der Waals surface area contributed by atoms with Crippen molar-refractivity contribution < 1.29 is 33.4 Å². The van der Waals surface area contributed by atoms with Gasteiger partial charge in [0.25, 0.3) is 5.91 Å². The van der Waals surface area contributed by atoms with Gasteiger partial charge >= 0.3 is 5.97 Å². The largest absolute Gasteiger partial charge is 0.493 e. The van der Waals surface area contributed by atoms with Gasteiger partial charge in [-0.3, -0.25) is 9.59 Å². The lowest BCUT2D eigenvalue weighted by atomic mass is 10.1. The Hall–Kier alpha value is -3.52. The number of nitrogens with zero attached hydrogens (tertiary/aromatic N) is 1. The normalized spacial score (nSPS) is 14.1. The van der Waals surface area contributed by atoms with E-state index in [1.807, 2.05) is 0 Å². The molecule has 0 radical (unpaired) electrons. The monoisotopic (exact) mass is 453 g/mol. The number of ether oxygens (including phenoxy) is 1. The SMILES string of the molecule is O=C(O)CCCCCOc1ccccc1C(O)N(C(=O)c1cc(-c2ccco2)co1)C1CC1. The number of hydrogen-bond acceptors (Lipinski definition) is 6. The maximum Gasteiger partial charge on any atom is 0.303 e. The molecule has 1 amide bonds. The van der Waals surface area contributed by atoms with Gasteiger partial charge in [0, 0.05) is 24.1 Å². The van der Waals surface area contributed by atoms with Gasteiger partial charge in [-0.25, -0.2) is 0 Å². The van der Waals surface area contributed by atoms with Crippen molar-refractivity contribution in [3.8, 4) is 17.1 Å². The minimum Gasteiger partial charge on any atom is -0.493 e. The second-order valence-electron chi connectivity index (χ2n) is 8.08. The van der Waals surface area contributed by atoms with Crippen LogP contribution in [-0.2, 0) is 4.79 Å². The molecule has 0 aliphatic heterocycles. The predicted molar refractivity (Wildman–Crippen MR) is 119 cm³/mol. The molecule has 3 aromatic rings. The molecule has 8 nitrogen and oxygen atoms in total. The third-order valence-corrected chi connectivity index (χ3v) is 5.54. The summed E-state index contributed by atoms with van der Waals surface area (Å²) in [5, 5.41) is 19.9. The molecule has 1 saturated carbocycles. The molecular formula is C25H27NO7. The fourth-order valence-corrected chi connectivity index (χ4v) is 3.69. The molecule has 0 saturated heterocycles. The van der Waals surface area contributed by atoms with Crippen LogP contribution in [-0.4, -0.2) is 39.6 Å². The number of benzene rings is 1. The number of aliphatic hydroxyl groups is 1. The number of aliphatic hydroxyl groups excluding tert-OH is 1. The molecule has 4 rings (SSSR count). The van der Waals surface area contributed by atoms with Crippen LogP contribution < -0.4 is 4.74 Å². The van der Waals surface area contributed by atoms with Crippen LogP contribution in [0.4, 0.5) is 0 Å². The summed E-state index contributed by atoms with van der Waals surface area (Å²) in [6.45, 7) is 0.394. The van der Waals surface area contributed by atoms with Crippen molar-refractivity contribution in [2.75, 3.05) is 6.61 Å². The van der Waals surface area contributed by atoms with E-state index >= 15 is 0 Å². The molecule has 0 bridgehead atoms. The molecular weight excluding hydrogens is 426 g/mol. The van der Waals surface area contributed by atoms with Crippen LogP contribution in [0.5, 0.6) is 5.75 Å². The molecule has 1 aromatic carbocycles. The average molecular weight is 453 g/mol. The van der Waals surface area contributed by atoms with E-state index in [0.717, 1.165) is 19.3 Å². The summed E-state index contributed by atoms with van der Waals surface area (Å²) in [6.07, 6.45) is 5.61. The zero-order valence-corrected chi connectivity index (χ0v) is 18.2. The van der Waals surface area contributed by atoms with Crippen LogP contribution in [0.1, 0.15) is 60.9 Å². The number of hydrogen-bond donors (Lipinski definition) is 2. The summed E-state index contributed by atoms with van der Waals surface area (Å²) < 4.78 is 16.7. The van der Waals surface area contributed by atoms with Gasteiger partial charge < -0.3 is 28.7 Å². The standard InChI is InChI=1S/C25H27NO7/c27-23(28)10-2-1-5-13-32-21-8-4-3-7-19(21)24(29)26(18-11-12-18)25(30)22-15-17(16-33-22)20-9-6-14-31-20/h3-4,6-9,14-16,18,24,29H,1-2,5,10-13H2,(H,27,28).